The SMILES string of the molecule is Fc1ccc2[nH]cc(C3CCN(c4ncnc5nc[nH]c45)CC3)c2c1. The van der Waals surface area contributed by atoms with E-state index in [0.717, 1.165) is 48.2 Å². The zero-order valence-electron chi connectivity index (χ0n) is 13.5. The predicted octanol–water partition coefficient (Wildman–Crippen LogP) is 3.36. The average Bonchev–Trinajstić information content (AvgIpc) is 3.28. The Labute approximate surface area is 143 Å². The zero-order chi connectivity index (χ0) is 16.8. The Kier molecular flexibility index (Phi) is 3.19. The Hall–Kier alpha value is -2.96. The maximum atomic E-state index is 13.6. The first-order valence-electron chi connectivity index (χ1n) is 8.45. The van der Waals surface area contributed by atoms with Gasteiger partial charge in [0.1, 0.15) is 17.7 Å². The first-order valence-corrected chi connectivity index (χ1v) is 8.45. The Morgan fingerprint density at radius 3 is 2.84 bits per heavy atom. The van der Waals surface area contributed by atoms with E-state index in [9.17, 15) is 4.39 Å². The van der Waals surface area contributed by atoms with E-state index in [2.05, 4.69) is 29.8 Å². The van der Waals surface area contributed by atoms with Gasteiger partial charge >= 0.3 is 0 Å². The minimum Gasteiger partial charge on any atom is -0.361 e. The molecule has 2 N–H and O–H groups in total. The van der Waals surface area contributed by atoms with Crippen LogP contribution >= 0.6 is 0 Å². The molecule has 0 atom stereocenters. The van der Waals surface area contributed by atoms with Gasteiger partial charge in [-0.2, -0.15) is 0 Å². The molecule has 3 aromatic heterocycles. The molecule has 126 valence electrons. The van der Waals surface area contributed by atoms with Crippen molar-refractivity contribution in [1.82, 2.24) is 24.9 Å². The number of H-pyrrole nitrogens is 2. The Morgan fingerprint density at radius 1 is 1.08 bits per heavy atom. The molecule has 1 aromatic carbocycles. The van der Waals surface area contributed by atoms with Crippen LogP contribution in [-0.2, 0) is 0 Å². The second-order valence-corrected chi connectivity index (χ2v) is 6.49. The number of halogens is 1. The van der Waals surface area contributed by atoms with E-state index in [1.807, 2.05) is 6.20 Å². The molecule has 4 heterocycles. The first kappa shape index (κ1) is 14.4. The number of aromatic amines is 2. The Morgan fingerprint density at radius 2 is 1.96 bits per heavy atom. The molecule has 5 rings (SSSR count). The monoisotopic (exact) mass is 336 g/mol. The van der Waals surface area contributed by atoms with Gasteiger partial charge in [0.2, 0.25) is 0 Å². The molecule has 1 aliphatic heterocycles. The lowest BCUT2D eigenvalue weighted by Crippen LogP contribution is -2.33. The van der Waals surface area contributed by atoms with Crippen molar-refractivity contribution in [2.75, 3.05) is 18.0 Å². The number of anilines is 1. The number of hydrogen-bond acceptors (Lipinski definition) is 4. The van der Waals surface area contributed by atoms with E-state index in [0.29, 0.717) is 11.6 Å². The number of nitrogens with zero attached hydrogens (tertiary/aromatic N) is 4. The van der Waals surface area contributed by atoms with Gasteiger partial charge < -0.3 is 14.9 Å². The van der Waals surface area contributed by atoms with Gasteiger partial charge in [-0.05, 0) is 42.5 Å². The lowest BCUT2D eigenvalue weighted by atomic mass is 9.89. The fourth-order valence-electron chi connectivity index (χ4n) is 3.85. The second kappa shape index (κ2) is 5.54. The summed E-state index contributed by atoms with van der Waals surface area (Å²) >= 11 is 0. The highest BCUT2D eigenvalue weighted by Crippen LogP contribution is 2.35. The van der Waals surface area contributed by atoms with Gasteiger partial charge in [0.15, 0.2) is 11.5 Å². The number of benzene rings is 1. The second-order valence-electron chi connectivity index (χ2n) is 6.49. The van der Waals surface area contributed by atoms with Gasteiger partial charge in [0.25, 0.3) is 0 Å². The van der Waals surface area contributed by atoms with Gasteiger partial charge in [0.05, 0.1) is 6.33 Å². The van der Waals surface area contributed by atoms with Gasteiger partial charge in [0, 0.05) is 30.2 Å². The number of piperidine rings is 1. The highest BCUT2D eigenvalue weighted by Gasteiger charge is 2.25. The molecule has 0 spiro atoms. The summed E-state index contributed by atoms with van der Waals surface area (Å²) in [5, 5.41) is 0.997. The predicted molar refractivity (Wildman–Crippen MR) is 94.1 cm³/mol. The normalized spacial score (nSPS) is 16.1. The number of hydrogen-bond donors (Lipinski definition) is 2. The summed E-state index contributed by atoms with van der Waals surface area (Å²) in [5.41, 5.74) is 3.78. The summed E-state index contributed by atoms with van der Waals surface area (Å²) in [6, 6.07) is 4.93. The fraction of sp³-hybridized carbons (Fsp3) is 0.278. The van der Waals surface area contributed by atoms with Crippen molar-refractivity contribution in [3.05, 3.63) is 48.4 Å². The van der Waals surface area contributed by atoms with Crippen molar-refractivity contribution in [2.24, 2.45) is 0 Å². The van der Waals surface area contributed by atoms with Crippen LogP contribution in [0.5, 0.6) is 0 Å². The quantitative estimate of drug-likeness (QED) is 0.589. The molecule has 0 unspecified atom stereocenters. The highest BCUT2D eigenvalue weighted by atomic mass is 19.1. The standard InChI is InChI=1S/C18H17FN6/c19-12-1-2-15-13(7-12)14(8-20-15)11-3-5-25(6-4-11)18-16-17(22-9-21-16)23-10-24-18/h1-2,7-11,20H,3-6H2,(H,21,22,23,24). The first-order chi connectivity index (χ1) is 12.3. The molecule has 0 amide bonds. The van der Waals surface area contributed by atoms with Gasteiger partial charge in [-0.15, -0.1) is 0 Å². The lowest BCUT2D eigenvalue weighted by molar-refractivity contribution is 0.505. The van der Waals surface area contributed by atoms with Crippen LogP contribution in [-0.4, -0.2) is 38.0 Å². The number of fused-ring (bicyclic) bond motifs is 2. The average molecular weight is 336 g/mol. The molecule has 25 heavy (non-hydrogen) atoms. The third-order valence-electron chi connectivity index (χ3n) is 5.11. The van der Waals surface area contributed by atoms with E-state index in [4.69, 9.17) is 0 Å². The third-order valence-corrected chi connectivity index (χ3v) is 5.11. The van der Waals surface area contributed by atoms with Crippen molar-refractivity contribution in [3.8, 4) is 0 Å². The molecule has 4 aromatic rings. The molecule has 0 radical (unpaired) electrons. The summed E-state index contributed by atoms with van der Waals surface area (Å²) < 4.78 is 13.6. The molecule has 7 heteroatoms. The van der Waals surface area contributed by atoms with Crippen LogP contribution in [0, 0.1) is 5.82 Å². The number of imidazole rings is 1. The zero-order valence-corrected chi connectivity index (χ0v) is 13.5. The van der Waals surface area contributed by atoms with Crippen molar-refractivity contribution >= 4 is 27.9 Å². The van der Waals surface area contributed by atoms with Crippen LogP contribution in [0.3, 0.4) is 0 Å². The molecule has 0 saturated carbocycles. The van der Waals surface area contributed by atoms with Crippen molar-refractivity contribution in [3.63, 3.8) is 0 Å². The molecule has 1 saturated heterocycles. The largest absolute Gasteiger partial charge is 0.361 e. The van der Waals surface area contributed by atoms with Crippen molar-refractivity contribution in [2.45, 2.75) is 18.8 Å². The topological polar surface area (TPSA) is 73.5 Å². The van der Waals surface area contributed by atoms with Crippen LogP contribution in [0.4, 0.5) is 10.2 Å². The molecule has 0 aliphatic carbocycles. The van der Waals surface area contributed by atoms with Gasteiger partial charge in [-0.1, -0.05) is 0 Å². The maximum Gasteiger partial charge on any atom is 0.182 e. The lowest BCUT2D eigenvalue weighted by Gasteiger charge is -2.32. The van der Waals surface area contributed by atoms with E-state index in [1.54, 1.807) is 24.8 Å². The van der Waals surface area contributed by atoms with E-state index in [-0.39, 0.29) is 5.82 Å². The Balaban J connectivity index is 1.41. The number of aromatic nitrogens is 5. The van der Waals surface area contributed by atoms with E-state index in [1.165, 1.54) is 11.6 Å². The smallest absolute Gasteiger partial charge is 0.182 e. The molecule has 0 bridgehead atoms. The summed E-state index contributed by atoms with van der Waals surface area (Å²) in [4.78, 5) is 21.5. The summed E-state index contributed by atoms with van der Waals surface area (Å²) in [6.45, 7) is 1.80. The molecular formula is C18H17FN6. The van der Waals surface area contributed by atoms with Crippen molar-refractivity contribution < 1.29 is 4.39 Å². The molecule has 1 aliphatic rings. The third kappa shape index (κ3) is 2.34. The van der Waals surface area contributed by atoms with Gasteiger partial charge in [-0.3, -0.25) is 0 Å². The van der Waals surface area contributed by atoms with Crippen molar-refractivity contribution in [1.29, 1.82) is 0 Å². The van der Waals surface area contributed by atoms with Crippen LogP contribution in [0.25, 0.3) is 22.1 Å². The maximum absolute atomic E-state index is 13.6. The van der Waals surface area contributed by atoms with Crippen LogP contribution in [0.2, 0.25) is 0 Å². The Bertz CT molecular complexity index is 1040. The molecule has 6 nitrogen and oxygen atoms in total. The summed E-state index contributed by atoms with van der Waals surface area (Å²) in [5.74, 6) is 1.14. The highest BCUT2D eigenvalue weighted by molar-refractivity contribution is 5.84. The summed E-state index contributed by atoms with van der Waals surface area (Å²) in [7, 11) is 0. The van der Waals surface area contributed by atoms with E-state index < -0.39 is 0 Å². The fourth-order valence-corrected chi connectivity index (χ4v) is 3.85. The minimum atomic E-state index is -0.187. The number of rotatable bonds is 2. The minimum absolute atomic E-state index is 0.187. The van der Waals surface area contributed by atoms with E-state index >= 15 is 0 Å². The van der Waals surface area contributed by atoms with Crippen LogP contribution in [0.1, 0.15) is 24.3 Å². The molecular weight excluding hydrogens is 319 g/mol. The molecule has 1 fully saturated rings. The summed E-state index contributed by atoms with van der Waals surface area (Å²) in [6.07, 6.45) is 7.25. The van der Waals surface area contributed by atoms with Crippen LogP contribution < -0.4 is 4.90 Å². The number of nitrogens with one attached hydrogen (secondary N) is 2. The van der Waals surface area contributed by atoms with Gasteiger partial charge in [-0.25, -0.2) is 19.3 Å². The van der Waals surface area contributed by atoms with Crippen LogP contribution in [0.15, 0.2) is 37.1 Å².